The summed E-state index contributed by atoms with van der Waals surface area (Å²) in [6, 6.07) is 8.04. The third-order valence-electron chi connectivity index (χ3n) is 2.87. The van der Waals surface area contributed by atoms with E-state index in [1.807, 2.05) is 24.3 Å². The predicted molar refractivity (Wildman–Crippen MR) is 75.6 cm³/mol. The molecule has 1 aromatic carbocycles. The minimum Gasteiger partial charge on any atom is -0.479 e. The molecule has 1 rings (SSSR count). The van der Waals surface area contributed by atoms with E-state index in [1.54, 1.807) is 0 Å². The average molecular weight is 265 g/mol. The Kier molecular flexibility index (Phi) is 6.36. The Bertz CT molecular complexity index is 389. The fourth-order valence-corrected chi connectivity index (χ4v) is 1.78. The summed E-state index contributed by atoms with van der Waals surface area (Å²) in [6.45, 7) is 6.85. The lowest BCUT2D eigenvalue weighted by atomic mass is 10.1. The number of hydrogen-bond acceptors (Lipinski definition) is 3. The fraction of sp³-hybridized carbons (Fsp3) is 0.533. The molecule has 2 N–H and O–H groups in total. The second-order valence-corrected chi connectivity index (χ2v) is 4.80. The zero-order valence-corrected chi connectivity index (χ0v) is 11.8. The van der Waals surface area contributed by atoms with Gasteiger partial charge >= 0.3 is 5.97 Å². The molecule has 0 amide bonds. The zero-order chi connectivity index (χ0) is 14.3. The molecule has 4 heteroatoms. The van der Waals surface area contributed by atoms with Gasteiger partial charge in [0, 0.05) is 6.04 Å². The van der Waals surface area contributed by atoms with Gasteiger partial charge in [-0.15, -0.1) is 0 Å². The number of carboxylic acid groups (broad SMARTS) is 1. The van der Waals surface area contributed by atoms with Crippen LogP contribution in [0.2, 0.25) is 0 Å². The molecule has 0 heterocycles. The van der Waals surface area contributed by atoms with Crippen molar-refractivity contribution < 1.29 is 14.6 Å². The number of aliphatic carboxylic acids is 1. The van der Waals surface area contributed by atoms with E-state index in [2.05, 4.69) is 19.2 Å². The van der Waals surface area contributed by atoms with Crippen LogP contribution in [0.1, 0.15) is 32.8 Å². The molecule has 0 saturated heterocycles. The highest BCUT2D eigenvalue weighted by Crippen LogP contribution is 2.15. The third-order valence-corrected chi connectivity index (χ3v) is 2.87. The first-order valence-corrected chi connectivity index (χ1v) is 6.74. The monoisotopic (exact) mass is 265 g/mol. The van der Waals surface area contributed by atoms with Crippen LogP contribution >= 0.6 is 0 Å². The van der Waals surface area contributed by atoms with Gasteiger partial charge in [0.25, 0.3) is 0 Å². The molecule has 0 aliphatic carbocycles. The molecule has 0 aromatic heterocycles. The lowest BCUT2D eigenvalue weighted by Crippen LogP contribution is -2.28. The minimum atomic E-state index is -0.957. The number of hydrogen-bond donors (Lipinski definition) is 2. The van der Waals surface area contributed by atoms with Crippen LogP contribution in [0.3, 0.4) is 0 Å². The molecular weight excluding hydrogens is 242 g/mol. The maximum Gasteiger partial charge on any atom is 0.344 e. The molecule has 2 atom stereocenters. The van der Waals surface area contributed by atoms with Crippen LogP contribution in [0.5, 0.6) is 5.75 Å². The van der Waals surface area contributed by atoms with Crippen molar-refractivity contribution in [3.63, 3.8) is 0 Å². The fourth-order valence-electron chi connectivity index (χ4n) is 1.78. The summed E-state index contributed by atoms with van der Waals surface area (Å²) in [6.07, 6.45) is 1.26. The Morgan fingerprint density at radius 1 is 1.32 bits per heavy atom. The Hall–Kier alpha value is -1.55. The number of benzene rings is 1. The van der Waals surface area contributed by atoms with E-state index < -0.39 is 12.1 Å². The Labute approximate surface area is 114 Å². The van der Waals surface area contributed by atoms with E-state index in [1.165, 1.54) is 12.5 Å². The molecule has 106 valence electrons. The van der Waals surface area contributed by atoms with Gasteiger partial charge in [-0.25, -0.2) is 4.79 Å². The molecule has 0 aliphatic rings. The lowest BCUT2D eigenvalue weighted by Gasteiger charge is -2.14. The Morgan fingerprint density at radius 3 is 2.47 bits per heavy atom. The summed E-state index contributed by atoms with van der Waals surface area (Å²) in [5, 5.41) is 12.2. The Morgan fingerprint density at radius 2 is 1.95 bits per heavy atom. The Balaban J connectivity index is 2.49. The maximum atomic E-state index is 10.7. The van der Waals surface area contributed by atoms with Crippen LogP contribution < -0.4 is 10.1 Å². The van der Waals surface area contributed by atoms with E-state index in [0.717, 1.165) is 19.4 Å². The molecule has 19 heavy (non-hydrogen) atoms. The molecule has 2 unspecified atom stereocenters. The molecule has 0 aliphatic heterocycles. The first-order chi connectivity index (χ1) is 9.02. The summed E-state index contributed by atoms with van der Waals surface area (Å²) >= 11 is 0. The van der Waals surface area contributed by atoms with Crippen molar-refractivity contribution in [3.8, 4) is 5.75 Å². The number of carboxylic acids is 1. The summed E-state index contributed by atoms with van der Waals surface area (Å²) in [4.78, 5) is 10.7. The van der Waals surface area contributed by atoms with Crippen molar-refractivity contribution in [3.05, 3.63) is 29.8 Å². The standard InChI is InChI=1S/C15H23NO3/c1-4-9-16-11(2)10-13-5-7-14(8-6-13)19-12(3)15(17)18/h5-8,11-12,16H,4,9-10H2,1-3H3,(H,17,18). The first-order valence-electron chi connectivity index (χ1n) is 6.74. The number of carbonyl (C=O) groups is 1. The SMILES string of the molecule is CCCNC(C)Cc1ccc(OC(C)C(=O)O)cc1. The highest BCUT2D eigenvalue weighted by atomic mass is 16.5. The number of rotatable bonds is 8. The number of ether oxygens (including phenoxy) is 1. The van der Waals surface area contributed by atoms with Gasteiger partial charge in [-0.2, -0.15) is 0 Å². The van der Waals surface area contributed by atoms with E-state index >= 15 is 0 Å². The van der Waals surface area contributed by atoms with E-state index in [0.29, 0.717) is 11.8 Å². The van der Waals surface area contributed by atoms with Crippen molar-refractivity contribution in [2.45, 2.75) is 45.8 Å². The van der Waals surface area contributed by atoms with Gasteiger partial charge in [0.05, 0.1) is 0 Å². The smallest absolute Gasteiger partial charge is 0.344 e. The van der Waals surface area contributed by atoms with E-state index in [9.17, 15) is 4.79 Å². The third kappa shape index (κ3) is 5.75. The van der Waals surface area contributed by atoms with E-state index in [-0.39, 0.29) is 0 Å². The van der Waals surface area contributed by atoms with E-state index in [4.69, 9.17) is 9.84 Å². The van der Waals surface area contributed by atoms with Gasteiger partial charge in [-0.3, -0.25) is 0 Å². The summed E-state index contributed by atoms with van der Waals surface area (Å²) in [5.74, 6) is -0.366. The molecule has 4 nitrogen and oxygen atoms in total. The van der Waals surface area contributed by atoms with Crippen LogP contribution in [0.4, 0.5) is 0 Å². The molecule has 0 radical (unpaired) electrons. The van der Waals surface area contributed by atoms with Crippen molar-refractivity contribution in [1.82, 2.24) is 5.32 Å². The quantitative estimate of drug-likeness (QED) is 0.758. The summed E-state index contributed by atoms with van der Waals surface area (Å²) in [5.41, 5.74) is 1.21. The zero-order valence-electron chi connectivity index (χ0n) is 11.8. The molecular formula is C15H23NO3. The van der Waals surface area contributed by atoms with Crippen LogP contribution in [-0.2, 0) is 11.2 Å². The minimum absolute atomic E-state index is 0.435. The van der Waals surface area contributed by atoms with Gasteiger partial charge in [0.1, 0.15) is 5.75 Å². The van der Waals surface area contributed by atoms with Gasteiger partial charge < -0.3 is 15.2 Å². The van der Waals surface area contributed by atoms with Gasteiger partial charge in [-0.1, -0.05) is 19.1 Å². The predicted octanol–water partition coefficient (Wildman–Crippen LogP) is 2.47. The first kappa shape index (κ1) is 15.5. The molecule has 1 aromatic rings. The van der Waals surface area contributed by atoms with Gasteiger partial charge in [0.15, 0.2) is 6.10 Å². The lowest BCUT2D eigenvalue weighted by molar-refractivity contribution is -0.144. The largest absolute Gasteiger partial charge is 0.479 e. The topological polar surface area (TPSA) is 58.6 Å². The van der Waals surface area contributed by atoms with Crippen LogP contribution in [0.15, 0.2) is 24.3 Å². The summed E-state index contributed by atoms with van der Waals surface area (Å²) in [7, 11) is 0. The normalized spacial score (nSPS) is 13.8. The van der Waals surface area contributed by atoms with Crippen LogP contribution in [0.25, 0.3) is 0 Å². The second-order valence-electron chi connectivity index (χ2n) is 4.80. The van der Waals surface area contributed by atoms with Crippen molar-refractivity contribution in [1.29, 1.82) is 0 Å². The van der Waals surface area contributed by atoms with Gasteiger partial charge in [-0.05, 0) is 50.9 Å². The average Bonchev–Trinajstić information content (AvgIpc) is 2.38. The van der Waals surface area contributed by atoms with Crippen molar-refractivity contribution in [2.75, 3.05) is 6.54 Å². The molecule has 0 spiro atoms. The molecule has 0 bridgehead atoms. The van der Waals surface area contributed by atoms with Crippen molar-refractivity contribution >= 4 is 5.97 Å². The van der Waals surface area contributed by atoms with Gasteiger partial charge in [0.2, 0.25) is 0 Å². The van der Waals surface area contributed by atoms with Crippen LogP contribution in [-0.4, -0.2) is 29.8 Å². The molecule has 0 saturated carbocycles. The maximum absolute atomic E-state index is 10.7. The second kappa shape index (κ2) is 7.79. The summed E-state index contributed by atoms with van der Waals surface area (Å²) < 4.78 is 5.29. The van der Waals surface area contributed by atoms with Crippen molar-refractivity contribution in [2.24, 2.45) is 0 Å². The highest BCUT2D eigenvalue weighted by molar-refractivity contribution is 5.72. The van der Waals surface area contributed by atoms with Crippen LogP contribution in [0, 0.1) is 0 Å². The highest BCUT2D eigenvalue weighted by Gasteiger charge is 2.12. The molecule has 0 fully saturated rings. The number of nitrogens with one attached hydrogen (secondary N) is 1.